The molecule has 0 radical (unpaired) electrons. The van der Waals surface area contributed by atoms with Gasteiger partial charge in [0.2, 0.25) is 0 Å². The molecule has 1 rings (SSSR count). The number of phenolic OH excluding ortho intramolecular Hbond substituents is 1. The minimum absolute atomic E-state index is 0.0366. The summed E-state index contributed by atoms with van der Waals surface area (Å²) in [4.78, 5) is 10.5. The van der Waals surface area contributed by atoms with Crippen molar-refractivity contribution in [2.75, 3.05) is 0 Å². The third-order valence-corrected chi connectivity index (χ3v) is 1.69. The number of halogens is 1. The molecule has 1 N–H and O–H groups in total. The molecular formula is C8H7BrO2. The Balaban J connectivity index is 3.44. The number of carbonyl (C=O) groups is 1. The lowest BCUT2D eigenvalue weighted by Crippen LogP contribution is -1.84. The lowest BCUT2D eigenvalue weighted by Gasteiger charge is -2.01. The molecule has 1 aromatic rings. The fourth-order valence-electron chi connectivity index (χ4n) is 0.710. The van der Waals surface area contributed by atoms with E-state index in [9.17, 15) is 9.90 Å². The van der Waals surface area contributed by atoms with E-state index < -0.39 is 12.6 Å². The van der Waals surface area contributed by atoms with Gasteiger partial charge in [0.15, 0.2) is 6.29 Å². The number of aryl methyl sites for hydroxylation is 1. The molecule has 0 heterocycles. The zero-order valence-electron chi connectivity index (χ0n) is 8.47. The number of carbonyl (C=O) groups excluding carboxylic acids is 1. The lowest BCUT2D eigenvalue weighted by atomic mass is 10.1. The Kier molecular flexibility index (Phi) is 1.37. The van der Waals surface area contributed by atoms with Gasteiger partial charge in [0.05, 0.1) is 5.56 Å². The SMILES string of the molecule is [2H]C([2H])([2H])c1cc(Br)cc(C=O)c1O. The smallest absolute Gasteiger partial charge is 0.153 e. The number of aldehydes is 1. The summed E-state index contributed by atoms with van der Waals surface area (Å²) in [6, 6.07) is 2.63. The minimum Gasteiger partial charge on any atom is -0.507 e. The van der Waals surface area contributed by atoms with Gasteiger partial charge in [0.1, 0.15) is 5.75 Å². The van der Waals surface area contributed by atoms with E-state index in [2.05, 4.69) is 15.9 Å². The van der Waals surface area contributed by atoms with E-state index in [-0.39, 0.29) is 11.1 Å². The van der Waals surface area contributed by atoms with Crippen LogP contribution in [0.1, 0.15) is 20.0 Å². The van der Waals surface area contributed by atoms with Crippen molar-refractivity contribution < 1.29 is 14.0 Å². The Hall–Kier alpha value is -0.830. The average molecular weight is 218 g/mol. The highest BCUT2D eigenvalue weighted by Gasteiger charge is 2.03. The average Bonchev–Trinajstić information content (AvgIpc) is 2.06. The number of rotatable bonds is 1. The maximum Gasteiger partial charge on any atom is 0.153 e. The zero-order valence-corrected chi connectivity index (χ0v) is 7.05. The van der Waals surface area contributed by atoms with Crippen LogP contribution >= 0.6 is 15.9 Å². The fourth-order valence-corrected chi connectivity index (χ4v) is 1.19. The number of hydrogen-bond acceptors (Lipinski definition) is 2. The van der Waals surface area contributed by atoms with Gasteiger partial charge < -0.3 is 5.11 Å². The normalized spacial score (nSPS) is 14.8. The topological polar surface area (TPSA) is 37.3 Å². The first-order valence-electron chi connectivity index (χ1n) is 4.34. The Bertz CT molecular complexity index is 374. The summed E-state index contributed by atoms with van der Waals surface area (Å²) >= 11 is 3.06. The monoisotopic (exact) mass is 217 g/mol. The first-order valence-corrected chi connectivity index (χ1v) is 3.63. The molecule has 0 atom stereocenters. The van der Waals surface area contributed by atoms with Gasteiger partial charge in [-0.2, -0.15) is 0 Å². The second-order valence-electron chi connectivity index (χ2n) is 2.01. The second kappa shape index (κ2) is 3.05. The minimum atomic E-state index is -2.42. The maximum absolute atomic E-state index is 10.5. The van der Waals surface area contributed by atoms with E-state index in [1.165, 1.54) is 12.1 Å². The van der Waals surface area contributed by atoms with Crippen LogP contribution in [0.4, 0.5) is 0 Å². The van der Waals surface area contributed by atoms with Crippen molar-refractivity contribution in [1.29, 1.82) is 0 Å². The predicted octanol–water partition coefficient (Wildman–Crippen LogP) is 2.28. The molecule has 0 aromatic heterocycles. The van der Waals surface area contributed by atoms with Crippen molar-refractivity contribution in [3.8, 4) is 5.75 Å². The summed E-state index contributed by atoms with van der Waals surface area (Å²) in [5.41, 5.74) is -0.264. The van der Waals surface area contributed by atoms with E-state index in [1.807, 2.05) is 0 Å². The molecule has 0 amide bonds. The molecule has 0 saturated heterocycles. The molecule has 0 aliphatic rings. The van der Waals surface area contributed by atoms with Crippen molar-refractivity contribution in [3.63, 3.8) is 0 Å². The second-order valence-corrected chi connectivity index (χ2v) is 2.92. The molecule has 0 fully saturated rings. The van der Waals surface area contributed by atoms with Gasteiger partial charge in [-0.3, -0.25) is 4.79 Å². The maximum atomic E-state index is 10.5. The van der Waals surface area contributed by atoms with Gasteiger partial charge in [-0.25, -0.2) is 0 Å². The quantitative estimate of drug-likeness (QED) is 0.734. The third-order valence-electron chi connectivity index (χ3n) is 1.23. The van der Waals surface area contributed by atoms with Crippen LogP contribution in [0.3, 0.4) is 0 Å². The van der Waals surface area contributed by atoms with E-state index in [4.69, 9.17) is 4.11 Å². The first-order chi connectivity index (χ1) is 6.36. The van der Waals surface area contributed by atoms with Crippen LogP contribution < -0.4 is 0 Å². The van der Waals surface area contributed by atoms with Crippen molar-refractivity contribution >= 4 is 22.2 Å². The summed E-state index contributed by atoms with van der Waals surface area (Å²) in [6.07, 6.45) is 0.412. The Morgan fingerprint density at radius 3 is 3.00 bits per heavy atom. The molecule has 0 aliphatic carbocycles. The molecular weight excluding hydrogens is 208 g/mol. The molecule has 0 saturated carbocycles. The van der Waals surface area contributed by atoms with Crippen molar-refractivity contribution in [2.24, 2.45) is 0 Å². The van der Waals surface area contributed by atoms with E-state index >= 15 is 0 Å². The Morgan fingerprint density at radius 2 is 2.45 bits per heavy atom. The van der Waals surface area contributed by atoms with Crippen LogP contribution in [0.15, 0.2) is 16.6 Å². The van der Waals surface area contributed by atoms with Gasteiger partial charge in [0.25, 0.3) is 0 Å². The van der Waals surface area contributed by atoms with E-state index in [0.29, 0.717) is 10.8 Å². The zero-order chi connectivity index (χ0) is 10.9. The highest BCUT2D eigenvalue weighted by atomic mass is 79.9. The van der Waals surface area contributed by atoms with Crippen molar-refractivity contribution in [1.82, 2.24) is 0 Å². The first kappa shape index (κ1) is 4.93. The summed E-state index contributed by atoms with van der Waals surface area (Å²) < 4.78 is 21.8. The van der Waals surface area contributed by atoms with Crippen LogP contribution in [0.25, 0.3) is 0 Å². The lowest BCUT2D eigenvalue weighted by molar-refractivity contribution is 0.112. The largest absolute Gasteiger partial charge is 0.507 e. The highest BCUT2D eigenvalue weighted by Crippen LogP contribution is 2.24. The van der Waals surface area contributed by atoms with Crippen LogP contribution in [0.2, 0.25) is 0 Å². The highest BCUT2D eigenvalue weighted by molar-refractivity contribution is 9.10. The van der Waals surface area contributed by atoms with Gasteiger partial charge in [-0.05, 0) is 24.5 Å². The summed E-state index contributed by atoms with van der Waals surface area (Å²) in [7, 11) is 0. The summed E-state index contributed by atoms with van der Waals surface area (Å²) in [5.74, 6) is -0.483. The predicted molar refractivity (Wildman–Crippen MR) is 45.9 cm³/mol. The molecule has 0 spiro atoms. The van der Waals surface area contributed by atoms with Gasteiger partial charge in [-0.15, -0.1) is 0 Å². The van der Waals surface area contributed by atoms with Crippen molar-refractivity contribution in [2.45, 2.75) is 6.85 Å². The summed E-state index contributed by atoms with van der Waals surface area (Å²) in [5, 5.41) is 9.44. The molecule has 0 aliphatic heterocycles. The van der Waals surface area contributed by atoms with E-state index in [0.717, 1.165) is 0 Å². The van der Waals surface area contributed by atoms with Crippen molar-refractivity contribution in [3.05, 3.63) is 27.7 Å². The standard InChI is InChI=1S/C8H7BrO2/c1-5-2-7(9)3-6(4-10)8(5)11/h2-4,11H,1H3/i1D3. The van der Waals surface area contributed by atoms with Crippen LogP contribution in [0, 0.1) is 6.85 Å². The van der Waals surface area contributed by atoms with Gasteiger partial charge >= 0.3 is 0 Å². The van der Waals surface area contributed by atoms with Gasteiger partial charge in [0, 0.05) is 8.58 Å². The van der Waals surface area contributed by atoms with Gasteiger partial charge in [-0.1, -0.05) is 15.9 Å². The van der Waals surface area contributed by atoms with Crippen LogP contribution in [-0.4, -0.2) is 11.4 Å². The van der Waals surface area contributed by atoms with Crippen LogP contribution in [0.5, 0.6) is 5.75 Å². The molecule has 0 bridgehead atoms. The number of aromatic hydroxyl groups is 1. The summed E-state index contributed by atoms with van der Waals surface area (Å²) in [6.45, 7) is -2.42. The molecule has 58 valence electrons. The number of hydrogen-bond donors (Lipinski definition) is 1. The molecule has 0 unspecified atom stereocenters. The Labute approximate surface area is 77.2 Å². The third kappa shape index (κ3) is 1.60. The number of phenols is 1. The molecule has 2 nitrogen and oxygen atoms in total. The molecule has 11 heavy (non-hydrogen) atoms. The van der Waals surface area contributed by atoms with E-state index in [1.54, 1.807) is 0 Å². The fraction of sp³-hybridized carbons (Fsp3) is 0.125. The number of benzene rings is 1. The molecule has 3 heteroatoms. The Morgan fingerprint density at radius 1 is 1.73 bits per heavy atom. The van der Waals surface area contributed by atoms with Crippen LogP contribution in [-0.2, 0) is 0 Å². The molecule has 1 aromatic carbocycles.